The smallest absolute Gasteiger partial charge is 0.100 e. The maximum Gasteiger partial charge on any atom is 0.100 e. The van der Waals surface area contributed by atoms with Crippen LogP contribution < -0.4 is 0 Å². The lowest BCUT2D eigenvalue weighted by molar-refractivity contribution is -0.0249. The summed E-state index contributed by atoms with van der Waals surface area (Å²) in [5.74, 6) is 2.26. The maximum atomic E-state index is 10.2. The largest absolute Gasteiger partial charge is 0.393 e. The zero-order valence-electron chi connectivity index (χ0n) is 17.6. The van der Waals surface area contributed by atoms with Gasteiger partial charge in [-0.15, -0.1) is 0 Å². The van der Waals surface area contributed by atoms with Gasteiger partial charge in [-0.2, -0.15) is 0 Å². The van der Waals surface area contributed by atoms with Crippen LogP contribution >= 0.6 is 0 Å². The molecule has 152 valence electrons. The fourth-order valence-electron chi connectivity index (χ4n) is 7.71. The quantitative estimate of drug-likeness (QED) is 0.626. The van der Waals surface area contributed by atoms with E-state index in [2.05, 4.69) is 59.8 Å². The molecule has 2 saturated carbocycles. The Morgan fingerprint density at radius 3 is 2.72 bits per heavy atom. The van der Waals surface area contributed by atoms with Crippen molar-refractivity contribution < 1.29 is 5.11 Å². The molecule has 1 N–H and O–H groups in total. The molecule has 0 radical (unpaired) electrons. The number of nitrogens with zero attached hydrogens (tertiary/aromatic N) is 2. The Bertz CT molecular complexity index is 1030. The second-order valence-electron chi connectivity index (χ2n) is 10.5. The number of rotatable bonds is 1. The highest BCUT2D eigenvalue weighted by Crippen LogP contribution is 2.65. The molecule has 0 aliphatic heterocycles. The molecule has 2 aromatic rings. The van der Waals surface area contributed by atoms with Gasteiger partial charge in [-0.1, -0.05) is 43.7 Å². The van der Waals surface area contributed by atoms with Gasteiger partial charge in [0.15, 0.2) is 0 Å². The van der Waals surface area contributed by atoms with Crippen molar-refractivity contribution >= 4 is 16.7 Å². The van der Waals surface area contributed by atoms with Gasteiger partial charge in [0.2, 0.25) is 0 Å². The van der Waals surface area contributed by atoms with E-state index in [1.165, 1.54) is 36.9 Å². The van der Waals surface area contributed by atoms with Gasteiger partial charge in [0, 0.05) is 11.1 Å². The lowest BCUT2D eigenvalue weighted by Gasteiger charge is -2.57. The van der Waals surface area contributed by atoms with E-state index >= 15 is 0 Å². The Kier molecular flexibility index (Phi) is 3.76. The first-order valence-corrected chi connectivity index (χ1v) is 11.5. The molecule has 6 rings (SSSR count). The van der Waals surface area contributed by atoms with Crippen molar-refractivity contribution in [2.45, 2.75) is 64.9 Å². The molecule has 4 aliphatic rings. The van der Waals surface area contributed by atoms with Crippen LogP contribution in [-0.2, 0) is 0 Å². The number of allylic oxidation sites excluding steroid dienone is 3. The van der Waals surface area contributed by atoms with Gasteiger partial charge in [0.1, 0.15) is 6.33 Å². The molecular formula is C26H32N2O. The summed E-state index contributed by atoms with van der Waals surface area (Å²) in [6, 6.07) is 8.52. The molecule has 0 unspecified atom stereocenters. The van der Waals surface area contributed by atoms with Crippen molar-refractivity contribution in [2.24, 2.45) is 28.6 Å². The summed E-state index contributed by atoms with van der Waals surface area (Å²) in [6.07, 6.45) is 15.0. The molecule has 0 bridgehead atoms. The Labute approximate surface area is 173 Å². The predicted molar refractivity (Wildman–Crippen MR) is 117 cm³/mol. The highest BCUT2D eigenvalue weighted by atomic mass is 16.3. The van der Waals surface area contributed by atoms with E-state index < -0.39 is 0 Å². The molecule has 29 heavy (non-hydrogen) atoms. The second-order valence-corrected chi connectivity index (χ2v) is 10.5. The third kappa shape index (κ3) is 2.37. The van der Waals surface area contributed by atoms with Crippen LogP contribution in [0.2, 0.25) is 0 Å². The number of fused-ring (bicyclic) bond motifs is 6. The zero-order valence-corrected chi connectivity index (χ0v) is 17.6. The minimum Gasteiger partial charge on any atom is -0.393 e. The summed E-state index contributed by atoms with van der Waals surface area (Å²) in [6.45, 7) is 5.03. The number of benzene rings is 1. The molecule has 6 atom stereocenters. The molecule has 1 aromatic carbocycles. The van der Waals surface area contributed by atoms with Crippen LogP contribution in [-0.4, -0.2) is 20.8 Å². The summed E-state index contributed by atoms with van der Waals surface area (Å²) >= 11 is 0. The minimum atomic E-state index is -0.117. The van der Waals surface area contributed by atoms with Crippen LogP contribution in [0.4, 0.5) is 0 Å². The molecule has 0 saturated heterocycles. The third-order valence-corrected chi connectivity index (χ3v) is 9.33. The highest BCUT2D eigenvalue weighted by Gasteiger charge is 2.57. The van der Waals surface area contributed by atoms with Gasteiger partial charge in [0.05, 0.1) is 17.1 Å². The predicted octanol–water partition coefficient (Wildman–Crippen LogP) is 5.81. The average molecular weight is 389 g/mol. The number of hydrogen-bond acceptors (Lipinski definition) is 2. The van der Waals surface area contributed by atoms with Crippen LogP contribution in [0.5, 0.6) is 0 Å². The number of aliphatic hydroxyl groups is 1. The van der Waals surface area contributed by atoms with E-state index in [0.717, 1.165) is 42.5 Å². The van der Waals surface area contributed by atoms with Crippen molar-refractivity contribution in [1.82, 2.24) is 9.55 Å². The molecule has 2 fully saturated rings. The van der Waals surface area contributed by atoms with E-state index in [4.69, 9.17) is 0 Å². The monoisotopic (exact) mass is 388 g/mol. The fraction of sp³-hybridized carbons (Fsp3) is 0.577. The first-order valence-electron chi connectivity index (χ1n) is 11.5. The van der Waals surface area contributed by atoms with Crippen LogP contribution in [0.15, 0.2) is 48.3 Å². The zero-order chi connectivity index (χ0) is 19.8. The maximum absolute atomic E-state index is 10.2. The van der Waals surface area contributed by atoms with Gasteiger partial charge in [-0.3, -0.25) is 0 Å². The molecular weight excluding hydrogens is 356 g/mol. The number of aromatic nitrogens is 2. The molecule has 4 aliphatic carbocycles. The standard InChI is InChI=1S/C26H32N2O/c1-25-13-11-18(29)15-17(25)7-8-19-20-9-10-24(26(20,2)14-12-21(19)25)28-16-27-22-5-3-4-6-23(22)28/h3-7,10,16,18-21,29H,8-9,11-15H2,1-2H3/t18-,19+,20+,21+,25+,26+/m1/s1. The Morgan fingerprint density at radius 1 is 1.00 bits per heavy atom. The van der Waals surface area contributed by atoms with Crippen LogP contribution in [0.1, 0.15) is 58.8 Å². The van der Waals surface area contributed by atoms with E-state index in [-0.39, 0.29) is 11.5 Å². The van der Waals surface area contributed by atoms with E-state index in [1.807, 2.05) is 6.33 Å². The summed E-state index contributed by atoms with van der Waals surface area (Å²) in [5.41, 5.74) is 5.92. The normalized spacial score (nSPS) is 41.3. The first kappa shape index (κ1) is 17.9. The number of imidazole rings is 1. The molecule has 0 amide bonds. The van der Waals surface area contributed by atoms with Gasteiger partial charge in [-0.25, -0.2) is 4.98 Å². The molecule has 1 aromatic heterocycles. The average Bonchev–Trinajstić information content (AvgIpc) is 3.29. The number of para-hydroxylation sites is 2. The minimum absolute atomic E-state index is 0.117. The van der Waals surface area contributed by atoms with Gasteiger partial charge < -0.3 is 9.67 Å². The van der Waals surface area contributed by atoms with Gasteiger partial charge in [0.25, 0.3) is 0 Å². The van der Waals surface area contributed by atoms with Gasteiger partial charge >= 0.3 is 0 Å². The van der Waals surface area contributed by atoms with E-state index in [1.54, 1.807) is 5.57 Å². The molecule has 1 heterocycles. The van der Waals surface area contributed by atoms with E-state index in [9.17, 15) is 5.11 Å². The van der Waals surface area contributed by atoms with Crippen molar-refractivity contribution in [3.8, 4) is 0 Å². The van der Waals surface area contributed by atoms with Crippen molar-refractivity contribution in [3.63, 3.8) is 0 Å². The number of aliphatic hydroxyl groups excluding tert-OH is 1. The summed E-state index contributed by atoms with van der Waals surface area (Å²) in [4.78, 5) is 4.67. The third-order valence-electron chi connectivity index (χ3n) is 9.33. The summed E-state index contributed by atoms with van der Waals surface area (Å²) in [7, 11) is 0. The van der Waals surface area contributed by atoms with Crippen LogP contribution in [0, 0.1) is 28.6 Å². The molecule has 3 heteroatoms. The lowest BCUT2D eigenvalue weighted by atomic mass is 9.48. The molecule has 0 spiro atoms. The summed E-state index contributed by atoms with van der Waals surface area (Å²) in [5, 5.41) is 10.2. The SMILES string of the molecule is C[C@]12CC[C@@H](O)CC1=CC[C@@H]1[C@@H]2CC[C@]2(C)C(n3cnc4ccccc43)=CC[C@@H]12. The highest BCUT2D eigenvalue weighted by molar-refractivity contribution is 5.80. The van der Waals surface area contributed by atoms with Crippen LogP contribution in [0.3, 0.4) is 0 Å². The summed E-state index contributed by atoms with van der Waals surface area (Å²) < 4.78 is 2.37. The van der Waals surface area contributed by atoms with Crippen molar-refractivity contribution in [3.05, 3.63) is 48.3 Å². The Morgan fingerprint density at radius 2 is 1.83 bits per heavy atom. The number of hydrogen-bond donors (Lipinski definition) is 1. The van der Waals surface area contributed by atoms with Crippen LogP contribution in [0.25, 0.3) is 16.7 Å². The van der Waals surface area contributed by atoms with Crippen molar-refractivity contribution in [1.29, 1.82) is 0 Å². The fourth-order valence-corrected chi connectivity index (χ4v) is 7.71. The molecule has 3 nitrogen and oxygen atoms in total. The van der Waals surface area contributed by atoms with Gasteiger partial charge in [-0.05, 0) is 80.2 Å². The second kappa shape index (κ2) is 6.07. The first-order chi connectivity index (χ1) is 14.0. The topological polar surface area (TPSA) is 38.0 Å². The van der Waals surface area contributed by atoms with E-state index in [0.29, 0.717) is 5.41 Å². The lowest BCUT2D eigenvalue weighted by Crippen LogP contribution is -2.50. The Balaban J connectivity index is 1.36. The Hall–Kier alpha value is -1.87. The van der Waals surface area contributed by atoms with Crippen molar-refractivity contribution in [2.75, 3.05) is 0 Å².